The average molecular weight is 517 g/mol. The molecular formula is C24H19BrClNO3S. The van der Waals surface area contributed by atoms with Gasteiger partial charge in [-0.05, 0) is 53.4 Å². The first-order valence-corrected chi connectivity index (χ1v) is 11.8. The zero-order valence-electron chi connectivity index (χ0n) is 16.5. The lowest BCUT2D eigenvalue weighted by Crippen LogP contribution is -2.31. The second-order valence-corrected chi connectivity index (χ2v) is 9.66. The van der Waals surface area contributed by atoms with E-state index in [9.17, 15) is 9.59 Å². The van der Waals surface area contributed by atoms with E-state index in [1.807, 2.05) is 60.7 Å². The van der Waals surface area contributed by atoms with E-state index in [1.54, 1.807) is 12.1 Å². The summed E-state index contributed by atoms with van der Waals surface area (Å²) in [7, 11) is 0. The molecule has 0 radical (unpaired) electrons. The quantitative estimate of drug-likeness (QED) is 0.360. The third kappa shape index (κ3) is 5.50. The maximum absolute atomic E-state index is 13.0. The molecule has 0 aliphatic carbocycles. The van der Waals surface area contributed by atoms with Gasteiger partial charge >= 0.3 is 0 Å². The Morgan fingerprint density at radius 1 is 0.968 bits per heavy atom. The number of hydrogen-bond acceptors (Lipinski definition) is 4. The maximum atomic E-state index is 13.0. The van der Waals surface area contributed by atoms with Crippen LogP contribution in [0.5, 0.6) is 5.75 Å². The number of nitrogens with zero attached hydrogens (tertiary/aromatic N) is 1. The highest BCUT2D eigenvalue weighted by Gasteiger charge is 2.39. The predicted molar refractivity (Wildman–Crippen MR) is 127 cm³/mol. The van der Waals surface area contributed by atoms with Gasteiger partial charge < -0.3 is 4.74 Å². The maximum Gasteiger partial charge on any atom is 0.289 e. The van der Waals surface area contributed by atoms with Crippen LogP contribution in [0.25, 0.3) is 0 Å². The van der Waals surface area contributed by atoms with E-state index in [-0.39, 0.29) is 17.7 Å². The Morgan fingerprint density at radius 3 is 2.45 bits per heavy atom. The number of imide groups is 1. The molecule has 3 aromatic carbocycles. The molecule has 4 rings (SSSR count). The first-order valence-electron chi connectivity index (χ1n) is 9.71. The molecule has 1 heterocycles. The van der Waals surface area contributed by atoms with Gasteiger partial charge in [-0.3, -0.25) is 14.5 Å². The van der Waals surface area contributed by atoms with Gasteiger partial charge in [0, 0.05) is 9.50 Å². The van der Waals surface area contributed by atoms with E-state index >= 15 is 0 Å². The Morgan fingerprint density at radius 2 is 1.71 bits per heavy atom. The molecule has 2 amide bonds. The highest BCUT2D eigenvalue weighted by molar-refractivity contribution is 9.10. The molecule has 0 saturated carbocycles. The number of carbonyl (C=O) groups excluding carboxylic acids is 2. The summed E-state index contributed by atoms with van der Waals surface area (Å²) >= 11 is 10.5. The summed E-state index contributed by atoms with van der Waals surface area (Å²) in [6, 6.07) is 22.8. The molecule has 0 N–H and O–H groups in total. The molecule has 0 unspecified atom stereocenters. The number of thioether (sulfide) groups is 1. The normalized spacial score (nSPS) is 16.1. The van der Waals surface area contributed by atoms with Gasteiger partial charge in [-0.2, -0.15) is 0 Å². The lowest BCUT2D eigenvalue weighted by Gasteiger charge is -2.16. The highest BCUT2D eigenvalue weighted by Crippen LogP contribution is 2.34. The van der Waals surface area contributed by atoms with Gasteiger partial charge in [-0.25, -0.2) is 0 Å². The molecule has 158 valence electrons. The molecule has 7 heteroatoms. The minimum atomic E-state index is -0.479. The number of benzene rings is 3. The van der Waals surface area contributed by atoms with Crippen LogP contribution in [0.3, 0.4) is 0 Å². The van der Waals surface area contributed by atoms with E-state index in [0.29, 0.717) is 23.8 Å². The third-order valence-electron chi connectivity index (χ3n) is 4.92. The van der Waals surface area contributed by atoms with Crippen LogP contribution in [-0.2, 0) is 24.4 Å². The number of ether oxygens (including phenoxy) is 1. The van der Waals surface area contributed by atoms with Gasteiger partial charge in [0.1, 0.15) is 12.4 Å². The summed E-state index contributed by atoms with van der Waals surface area (Å²) in [6.07, 6.45) is 0.413. The lowest BCUT2D eigenvalue weighted by atomic mass is 10.1. The molecule has 1 saturated heterocycles. The second kappa shape index (κ2) is 9.90. The molecule has 0 aromatic heterocycles. The fourth-order valence-corrected chi connectivity index (χ4v) is 4.88. The van der Waals surface area contributed by atoms with Crippen molar-refractivity contribution in [2.24, 2.45) is 0 Å². The third-order valence-corrected chi connectivity index (χ3v) is 6.74. The molecule has 1 fully saturated rings. The molecule has 31 heavy (non-hydrogen) atoms. The van der Waals surface area contributed by atoms with Gasteiger partial charge in [0.25, 0.3) is 5.24 Å². The SMILES string of the molecule is O=C1S[C@@H](Cc2cc(Br)ccc2OCc2ccccc2)C(=O)N1Cc1ccc(Cl)cc1. The summed E-state index contributed by atoms with van der Waals surface area (Å²) in [6.45, 7) is 0.678. The molecule has 3 aromatic rings. The predicted octanol–water partition coefficient (Wildman–Crippen LogP) is 6.49. The summed E-state index contributed by atoms with van der Waals surface area (Å²) in [4.78, 5) is 26.8. The first kappa shape index (κ1) is 21.9. The van der Waals surface area contributed by atoms with Crippen LogP contribution in [0.4, 0.5) is 4.79 Å². The Labute approximate surface area is 198 Å². The Hall–Kier alpha value is -2.28. The van der Waals surface area contributed by atoms with Crippen LogP contribution < -0.4 is 4.74 Å². The van der Waals surface area contributed by atoms with Gasteiger partial charge in [0.15, 0.2) is 0 Å². The first-order chi connectivity index (χ1) is 15.0. The molecule has 0 spiro atoms. The number of carbonyl (C=O) groups is 2. The van der Waals surface area contributed by atoms with E-state index in [4.69, 9.17) is 16.3 Å². The van der Waals surface area contributed by atoms with Crippen molar-refractivity contribution in [2.45, 2.75) is 24.8 Å². The van der Waals surface area contributed by atoms with Gasteiger partial charge in [0.2, 0.25) is 5.91 Å². The molecule has 0 bridgehead atoms. The van der Waals surface area contributed by atoms with Crippen LogP contribution in [0, 0.1) is 0 Å². The van der Waals surface area contributed by atoms with Crippen molar-refractivity contribution >= 4 is 50.4 Å². The van der Waals surface area contributed by atoms with E-state index in [0.717, 1.165) is 32.9 Å². The molecular weight excluding hydrogens is 498 g/mol. The summed E-state index contributed by atoms with van der Waals surface area (Å²) in [5, 5.41) is -0.0901. The topological polar surface area (TPSA) is 46.6 Å². The number of amides is 2. The number of halogens is 2. The number of hydrogen-bond donors (Lipinski definition) is 0. The minimum absolute atomic E-state index is 0.182. The van der Waals surface area contributed by atoms with Crippen LogP contribution >= 0.6 is 39.3 Å². The van der Waals surface area contributed by atoms with Gasteiger partial charge in [-0.1, -0.05) is 81.8 Å². The average Bonchev–Trinajstić information content (AvgIpc) is 3.03. The van der Waals surface area contributed by atoms with Gasteiger partial charge in [0.05, 0.1) is 11.8 Å². The second-order valence-electron chi connectivity index (χ2n) is 7.15. The monoisotopic (exact) mass is 515 g/mol. The fraction of sp³-hybridized carbons (Fsp3) is 0.167. The van der Waals surface area contributed by atoms with Crippen molar-refractivity contribution < 1.29 is 14.3 Å². The summed E-state index contributed by atoms with van der Waals surface area (Å²) in [5.74, 6) is 0.531. The molecule has 1 aliphatic rings. The van der Waals surface area contributed by atoms with Crippen molar-refractivity contribution in [2.75, 3.05) is 0 Å². The van der Waals surface area contributed by atoms with Crippen molar-refractivity contribution in [3.8, 4) is 5.75 Å². The van der Waals surface area contributed by atoms with Crippen LogP contribution in [0.15, 0.2) is 77.3 Å². The van der Waals surface area contributed by atoms with E-state index < -0.39 is 5.25 Å². The largest absolute Gasteiger partial charge is 0.489 e. The Balaban J connectivity index is 1.47. The summed E-state index contributed by atoms with van der Waals surface area (Å²) < 4.78 is 6.93. The zero-order valence-corrected chi connectivity index (χ0v) is 19.6. The highest BCUT2D eigenvalue weighted by atomic mass is 79.9. The molecule has 4 nitrogen and oxygen atoms in total. The van der Waals surface area contributed by atoms with E-state index in [1.165, 1.54) is 4.90 Å². The molecule has 1 aliphatic heterocycles. The number of rotatable bonds is 7. The van der Waals surface area contributed by atoms with Crippen LogP contribution in [-0.4, -0.2) is 21.3 Å². The standard InChI is InChI=1S/C24H19BrClNO3S/c25-19-8-11-21(30-15-17-4-2-1-3-5-17)18(12-19)13-22-23(28)27(24(29)31-22)14-16-6-9-20(26)10-7-16/h1-12,22H,13-15H2/t22-/m0/s1. The smallest absolute Gasteiger partial charge is 0.289 e. The lowest BCUT2D eigenvalue weighted by molar-refractivity contribution is -0.127. The summed E-state index contributed by atoms with van der Waals surface area (Å²) in [5.41, 5.74) is 2.81. The van der Waals surface area contributed by atoms with Crippen molar-refractivity contribution in [1.29, 1.82) is 0 Å². The fourth-order valence-electron chi connectivity index (χ4n) is 3.33. The van der Waals surface area contributed by atoms with Gasteiger partial charge in [-0.15, -0.1) is 0 Å². The van der Waals surface area contributed by atoms with Crippen molar-refractivity contribution in [1.82, 2.24) is 4.90 Å². The Kier molecular flexibility index (Phi) is 7.00. The van der Waals surface area contributed by atoms with Crippen LogP contribution in [0.1, 0.15) is 16.7 Å². The minimum Gasteiger partial charge on any atom is -0.489 e. The Bertz CT molecular complexity index is 1090. The van der Waals surface area contributed by atoms with Crippen molar-refractivity contribution in [3.63, 3.8) is 0 Å². The van der Waals surface area contributed by atoms with Crippen molar-refractivity contribution in [3.05, 3.63) is 99.0 Å². The molecule has 1 atom stereocenters. The van der Waals surface area contributed by atoms with Crippen LogP contribution in [0.2, 0.25) is 5.02 Å². The zero-order chi connectivity index (χ0) is 21.8. The van der Waals surface area contributed by atoms with E-state index in [2.05, 4.69) is 15.9 Å².